The lowest BCUT2D eigenvalue weighted by molar-refractivity contribution is 0.0330. The summed E-state index contributed by atoms with van der Waals surface area (Å²) < 4.78 is 12.0. The van der Waals surface area contributed by atoms with E-state index in [9.17, 15) is 0 Å². The van der Waals surface area contributed by atoms with Gasteiger partial charge in [-0.3, -0.25) is 9.88 Å². The smallest absolute Gasteiger partial charge is 0.231 e. The number of hydrogen-bond donors (Lipinski definition) is 0. The summed E-state index contributed by atoms with van der Waals surface area (Å²) >= 11 is 8.22. The van der Waals surface area contributed by atoms with Gasteiger partial charge in [0.1, 0.15) is 16.2 Å². The molecule has 0 amide bonds. The standard InChI is InChI=1S/C25H25ClN4O2S/c1-15-4-5-17-20(13-15)33-25-22(17)24(28-21(29-25)14-30-9-11-31-12-10-30)32-19-7-6-18(26)16-3-2-8-27-23(16)19/h2-3,6-8,15H,4-5,9-14H2,1H3. The summed E-state index contributed by atoms with van der Waals surface area (Å²) in [4.78, 5) is 19.3. The second kappa shape index (κ2) is 8.80. The lowest BCUT2D eigenvalue weighted by atomic mass is 9.89. The van der Waals surface area contributed by atoms with Gasteiger partial charge in [0.2, 0.25) is 5.88 Å². The number of hydrogen-bond acceptors (Lipinski definition) is 7. The van der Waals surface area contributed by atoms with Crippen molar-refractivity contribution in [2.45, 2.75) is 32.7 Å². The van der Waals surface area contributed by atoms with Gasteiger partial charge in [0.15, 0.2) is 5.75 Å². The van der Waals surface area contributed by atoms with E-state index in [-0.39, 0.29) is 0 Å². The van der Waals surface area contributed by atoms with Crippen LogP contribution in [0.4, 0.5) is 0 Å². The molecule has 1 fully saturated rings. The van der Waals surface area contributed by atoms with Crippen LogP contribution >= 0.6 is 22.9 Å². The third-order valence-electron chi connectivity index (χ3n) is 6.52. The molecule has 1 unspecified atom stereocenters. The van der Waals surface area contributed by atoms with Crippen molar-refractivity contribution in [2.24, 2.45) is 5.92 Å². The summed E-state index contributed by atoms with van der Waals surface area (Å²) in [6.45, 7) is 6.29. The topological polar surface area (TPSA) is 60.4 Å². The van der Waals surface area contributed by atoms with Gasteiger partial charge in [-0.1, -0.05) is 18.5 Å². The van der Waals surface area contributed by atoms with E-state index in [2.05, 4.69) is 16.8 Å². The van der Waals surface area contributed by atoms with Crippen LogP contribution in [-0.4, -0.2) is 46.2 Å². The van der Waals surface area contributed by atoms with Gasteiger partial charge in [-0.05, 0) is 55.0 Å². The number of pyridine rings is 1. The molecule has 0 N–H and O–H groups in total. The number of fused-ring (bicyclic) bond motifs is 4. The zero-order valence-electron chi connectivity index (χ0n) is 18.5. The Labute approximate surface area is 201 Å². The molecule has 0 spiro atoms. The number of ether oxygens (including phenoxy) is 2. The van der Waals surface area contributed by atoms with Crippen molar-refractivity contribution >= 4 is 44.1 Å². The van der Waals surface area contributed by atoms with Crippen LogP contribution in [0, 0.1) is 5.92 Å². The van der Waals surface area contributed by atoms with Crippen LogP contribution in [0.3, 0.4) is 0 Å². The first-order chi connectivity index (χ1) is 16.2. The number of halogens is 1. The van der Waals surface area contributed by atoms with Crippen molar-refractivity contribution in [3.05, 3.63) is 51.7 Å². The molecule has 1 atom stereocenters. The summed E-state index contributed by atoms with van der Waals surface area (Å²) in [5.41, 5.74) is 2.09. The number of benzene rings is 1. The van der Waals surface area contributed by atoms with Crippen LogP contribution in [0.25, 0.3) is 21.1 Å². The van der Waals surface area contributed by atoms with Gasteiger partial charge in [-0.2, -0.15) is 4.98 Å². The van der Waals surface area contributed by atoms with E-state index in [0.29, 0.717) is 29.1 Å². The van der Waals surface area contributed by atoms with Gasteiger partial charge < -0.3 is 9.47 Å². The lowest BCUT2D eigenvalue weighted by Crippen LogP contribution is -2.36. The third kappa shape index (κ3) is 4.08. The molecule has 6 nitrogen and oxygen atoms in total. The van der Waals surface area contributed by atoms with Gasteiger partial charge in [0.25, 0.3) is 0 Å². The zero-order valence-corrected chi connectivity index (χ0v) is 20.1. The zero-order chi connectivity index (χ0) is 22.4. The third-order valence-corrected chi connectivity index (χ3v) is 8.00. The first-order valence-electron chi connectivity index (χ1n) is 11.5. The van der Waals surface area contributed by atoms with Crippen molar-refractivity contribution in [2.75, 3.05) is 26.3 Å². The molecule has 0 saturated carbocycles. The highest BCUT2D eigenvalue weighted by Crippen LogP contribution is 2.43. The fourth-order valence-electron chi connectivity index (χ4n) is 4.75. The molecule has 1 saturated heterocycles. The maximum absolute atomic E-state index is 6.53. The highest BCUT2D eigenvalue weighted by Gasteiger charge is 2.26. The quantitative estimate of drug-likeness (QED) is 0.376. The summed E-state index contributed by atoms with van der Waals surface area (Å²) in [6, 6.07) is 7.59. The van der Waals surface area contributed by atoms with E-state index < -0.39 is 0 Å². The SMILES string of the molecule is CC1CCc2c(sc3nc(CN4CCOCC4)nc(Oc4ccc(Cl)c5cccnc45)c23)C1. The Morgan fingerprint density at radius 1 is 1.21 bits per heavy atom. The summed E-state index contributed by atoms with van der Waals surface area (Å²) in [6.07, 6.45) is 5.08. The minimum absolute atomic E-state index is 0.629. The van der Waals surface area contributed by atoms with Crippen LogP contribution in [0.5, 0.6) is 11.6 Å². The minimum Gasteiger partial charge on any atom is -0.436 e. The molecule has 1 aromatic carbocycles. The predicted octanol–water partition coefficient (Wildman–Crippen LogP) is 5.64. The molecule has 1 aliphatic heterocycles. The van der Waals surface area contributed by atoms with Crippen molar-refractivity contribution in [1.82, 2.24) is 19.9 Å². The van der Waals surface area contributed by atoms with E-state index >= 15 is 0 Å². The van der Waals surface area contributed by atoms with Crippen molar-refractivity contribution in [3.63, 3.8) is 0 Å². The minimum atomic E-state index is 0.629. The Bertz CT molecular complexity index is 1340. The molecule has 170 valence electrons. The van der Waals surface area contributed by atoms with Gasteiger partial charge in [0, 0.05) is 29.5 Å². The second-order valence-corrected chi connectivity index (χ2v) is 10.4. The first-order valence-corrected chi connectivity index (χ1v) is 12.7. The monoisotopic (exact) mass is 480 g/mol. The number of aromatic nitrogens is 3. The van der Waals surface area contributed by atoms with E-state index in [1.807, 2.05) is 24.3 Å². The van der Waals surface area contributed by atoms with Crippen LogP contribution in [0.1, 0.15) is 29.6 Å². The van der Waals surface area contributed by atoms with Crippen LogP contribution < -0.4 is 4.74 Å². The van der Waals surface area contributed by atoms with Crippen LogP contribution in [-0.2, 0) is 24.1 Å². The molecule has 1 aliphatic carbocycles. The van der Waals surface area contributed by atoms with Gasteiger partial charge in [0.05, 0.1) is 30.2 Å². The second-order valence-electron chi connectivity index (χ2n) is 8.91. The van der Waals surface area contributed by atoms with Gasteiger partial charge in [-0.25, -0.2) is 4.98 Å². The largest absolute Gasteiger partial charge is 0.436 e. The van der Waals surface area contributed by atoms with E-state index in [4.69, 9.17) is 31.0 Å². The van der Waals surface area contributed by atoms with E-state index in [1.54, 1.807) is 17.5 Å². The molecule has 8 heteroatoms. The Hall–Kier alpha value is -2.32. The first kappa shape index (κ1) is 21.2. The average molecular weight is 481 g/mol. The predicted molar refractivity (Wildman–Crippen MR) is 132 cm³/mol. The number of rotatable bonds is 4. The van der Waals surface area contributed by atoms with Gasteiger partial charge >= 0.3 is 0 Å². The van der Waals surface area contributed by atoms with Crippen molar-refractivity contribution in [3.8, 4) is 11.6 Å². The fraction of sp³-hybridized carbons (Fsp3) is 0.400. The fourth-order valence-corrected chi connectivity index (χ4v) is 6.36. The highest BCUT2D eigenvalue weighted by atomic mass is 35.5. The Morgan fingerprint density at radius 2 is 2.09 bits per heavy atom. The molecule has 4 aromatic rings. The Balaban J connectivity index is 1.47. The normalized spacial score (nSPS) is 19.2. The molecule has 33 heavy (non-hydrogen) atoms. The molecule has 6 rings (SSSR count). The number of nitrogens with zero attached hydrogens (tertiary/aromatic N) is 4. The van der Waals surface area contributed by atoms with Gasteiger partial charge in [-0.15, -0.1) is 11.3 Å². The van der Waals surface area contributed by atoms with Crippen molar-refractivity contribution < 1.29 is 9.47 Å². The lowest BCUT2D eigenvalue weighted by Gasteiger charge is -2.25. The molecule has 2 aliphatic rings. The molecular formula is C25H25ClN4O2S. The maximum Gasteiger partial charge on any atom is 0.231 e. The van der Waals surface area contributed by atoms with Crippen molar-refractivity contribution in [1.29, 1.82) is 0 Å². The molecule has 3 aromatic heterocycles. The summed E-state index contributed by atoms with van der Waals surface area (Å²) in [7, 11) is 0. The Kier molecular flexibility index (Phi) is 5.66. The average Bonchev–Trinajstić information content (AvgIpc) is 3.19. The summed E-state index contributed by atoms with van der Waals surface area (Å²) in [5, 5.41) is 2.59. The number of aryl methyl sites for hydroxylation is 1. The molecule has 0 radical (unpaired) electrons. The molecule has 0 bridgehead atoms. The van der Waals surface area contributed by atoms with Crippen LogP contribution in [0.15, 0.2) is 30.5 Å². The van der Waals surface area contributed by atoms with Crippen LogP contribution in [0.2, 0.25) is 5.02 Å². The van der Waals surface area contributed by atoms with E-state index in [0.717, 1.165) is 66.1 Å². The Morgan fingerprint density at radius 3 is 2.97 bits per heavy atom. The van der Waals surface area contributed by atoms with E-state index in [1.165, 1.54) is 16.9 Å². The molecule has 4 heterocycles. The maximum atomic E-state index is 6.53. The summed E-state index contributed by atoms with van der Waals surface area (Å²) in [5.74, 6) is 2.78. The molecular weight excluding hydrogens is 456 g/mol. The number of thiophene rings is 1. The number of morpholine rings is 1. The highest BCUT2D eigenvalue weighted by molar-refractivity contribution is 7.18.